The first-order valence-corrected chi connectivity index (χ1v) is 5.66. The topological polar surface area (TPSA) is 45.0 Å². The van der Waals surface area contributed by atoms with Gasteiger partial charge in [-0.1, -0.05) is 13.0 Å². The predicted octanol–water partition coefficient (Wildman–Crippen LogP) is 3.19. The van der Waals surface area contributed by atoms with Gasteiger partial charge in [0.05, 0.1) is 19.1 Å². The lowest BCUT2D eigenvalue weighted by Crippen LogP contribution is -2.17. The minimum atomic E-state index is 0.210. The molecule has 3 heteroatoms. The van der Waals surface area contributed by atoms with Gasteiger partial charge < -0.3 is 10.1 Å². The summed E-state index contributed by atoms with van der Waals surface area (Å²) in [4.78, 5) is 0. The van der Waals surface area contributed by atoms with Crippen molar-refractivity contribution in [3.63, 3.8) is 0 Å². The molecule has 16 heavy (non-hydrogen) atoms. The highest BCUT2D eigenvalue weighted by atomic mass is 16.5. The second-order valence-electron chi connectivity index (χ2n) is 3.57. The van der Waals surface area contributed by atoms with Crippen LogP contribution in [-0.4, -0.2) is 12.6 Å². The zero-order valence-electron chi connectivity index (χ0n) is 9.86. The highest BCUT2D eigenvalue weighted by Crippen LogP contribution is 2.19. The number of hydrogen-bond donors (Lipinski definition) is 1. The van der Waals surface area contributed by atoms with Crippen LogP contribution in [0.25, 0.3) is 0 Å². The summed E-state index contributed by atoms with van der Waals surface area (Å²) in [7, 11) is 0. The molecule has 0 bridgehead atoms. The highest BCUT2D eigenvalue weighted by Gasteiger charge is 2.05. The summed E-state index contributed by atoms with van der Waals surface area (Å²) in [6, 6.07) is 10.2. The number of nitrogens with one attached hydrogen (secondary N) is 1. The van der Waals surface area contributed by atoms with Gasteiger partial charge in [-0.15, -0.1) is 0 Å². The standard InChI is InChI=1S/C13H18N2O/c1-3-11(8-9-14)15-12-6-5-7-13(10-12)16-4-2/h5-7,10-11,15H,3-4,8H2,1-2H3. The fraction of sp³-hybridized carbons (Fsp3) is 0.462. The molecule has 1 N–H and O–H groups in total. The van der Waals surface area contributed by atoms with Crippen LogP contribution in [0.15, 0.2) is 24.3 Å². The van der Waals surface area contributed by atoms with Crippen LogP contribution < -0.4 is 10.1 Å². The summed E-state index contributed by atoms with van der Waals surface area (Å²) in [5, 5.41) is 12.0. The first-order valence-electron chi connectivity index (χ1n) is 5.66. The van der Waals surface area contributed by atoms with E-state index < -0.39 is 0 Å². The van der Waals surface area contributed by atoms with Crippen LogP contribution in [0.1, 0.15) is 26.7 Å². The smallest absolute Gasteiger partial charge is 0.121 e. The van der Waals surface area contributed by atoms with E-state index in [9.17, 15) is 0 Å². The minimum Gasteiger partial charge on any atom is -0.494 e. The average molecular weight is 218 g/mol. The van der Waals surface area contributed by atoms with Gasteiger partial charge in [0.2, 0.25) is 0 Å². The van der Waals surface area contributed by atoms with Crippen molar-refractivity contribution in [2.75, 3.05) is 11.9 Å². The quantitative estimate of drug-likeness (QED) is 0.797. The normalized spacial score (nSPS) is 11.6. The molecule has 0 aliphatic heterocycles. The maximum atomic E-state index is 8.67. The zero-order valence-corrected chi connectivity index (χ0v) is 9.86. The van der Waals surface area contributed by atoms with E-state index in [4.69, 9.17) is 10.00 Å². The molecule has 1 rings (SSSR count). The van der Waals surface area contributed by atoms with E-state index in [1.54, 1.807) is 0 Å². The molecule has 0 radical (unpaired) electrons. The van der Waals surface area contributed by atoms with E-state index in [2.05, 4.69) is 18.3 Å². The number of nitriles is 1. The first kappa shape index (κ1) is 12.4. The van der Waals surface area contributed by atoms with Crippen molar-refractivity contribution in [2.24, 2.45) is 0 Å². The largest absolute Gasteiger partial charge is 0.494 e. The number of rotatable bonds is 6. The molecule has 0 fully saturated rings. The Morgan fingerprint density at radius 2 is 2.25 bits per heavy atom. The lowest BCUT2D eigenvalue weighted by molar-refractivity contribution is 0.340. The summed E-state index contributed by atoms with van der Waals surface area (Å²) in [6.45, 7) is 4.70. The van der Waals surface area contributed by atoms with Gasteiger partial charge in [0.25, 0.3) is 0 Å². The van der Waals surface area contributed by atoms with Crippen molar-refractivity contribution in [1.82, 2.24) is 0 Å². The molecule has 0 spiro atoms. The first-order chi connectivity index (χ1) is 7.80. The molecule has 0 aliphatic carbocycles. The Morgan fingerprint density at radius 1 is 1.44 bits per heavy atom. The van der Waals surface area contributed by atoms with E-state index in [1.807, 2.05) is 31.2 Å². The van der Waals surface area contributed by atoms with Crippen molar-refractivity contribution in [2.45, 2.75) is 32.7 Å². The van der Waals surface area contributed by atoms with Crippen LogP contribution in [0.2, 0.25) is 0 Å². The summed E-state index contributed by atoms with van der Waals surface area (Å²) in [6.07, 6.45) is 1.46. The fourth-order valence-electron chi connectivity index (χ4n) is 1.49. The van der Waals surface area contributed by atoms with Crippen LogP contribution >= 0.6 is 0 Å². The predicted molar refractivity (Wildman–Crippen MR) is 65.5 cm³/mol. The van der Waals surface area contributed by atoms with Gasteiger partial charge in [0, 0.05) is 17.8 Å². The molecule has 0 saturated heterocycles. The van der Waals surface area contributed by atoms with Crippen LogP contribution in [0.5, 0.6) is 5.75 Å². The van der Waals surface area contributed by atoms with Gasteiger partial charge in [0.1, 0.15) is 5.75 Å². The average Bonchev–Trinajstić information content (AvgIpc) is 2.29. The molecule has 86 valence electrons. The highest BCUT2D eigenvalue weighted by molar-refractivity contribution is 5.48. The minimum absolute atomic E-state index is 0.210. The lowest BCUT2D eigenvalue weighted by atomic mass is 10.1. The van der Waals surface area contributed by atoms with Gasteiger partial charge in [-0.25, -0.2) is 0 Å². The molecule has 3 nitrogen and oxygen atoms in total. The molecular formula is C13H18N2O. The third kappa shape index (κ3) is 3.82. The van der Waals surface area contributed by atoms with Gasteiger partial charge in [-0.05, 0) is 25.5 Å². The van der Waals surface area contributed by atoms with Crippen LogP contribution in [0, 0.1) is 11.3 Å². The maximum Gasteiger partial charge on any atom is 0.121 e. The van der Waals surface area contributed by atoms with Crippen molar-refractivity contribution < 1.29 is 4.74 Å². The van der Waals surface area contributed by atoms with Gasteiger partial charge in [-0.3, -0.25) is 0 Å². The van der Waals surface area contributed by atoms with Gasteiger partial charge in [0.15, 0.2) is 0 Å². The van der Waals surface area contributed by atoms with Crippen LogP contribution in [0.3, 0.4) is 0 Å². The molecule has 0 aliphatic rings. The number of hydrogen-bond acceptors (Lipinski definition) is 3. The van der Waals surface area contributed by atoms with E-state index in [0.717, 1.165) is 17.9 Å². The Morgan fingerprint density at radius 3 is 2.88 bits per heavy atom. The second-order valence-corrected chi connectivity index (χ2v) is 3.57. The molecule has 0 aromatic heterocycles. The summed E-state index contributed by atoms with van der Waals surface area (Å²) in [5.74, 6) is 0.860. The molecule has 1 aromatic carbocycles. The van der Waals surface area contributed by atoms with Crippen molar-refractivity contribution >= 4 is 5.69 Å². The number of ether oxygens (including phenoxy) is 1. The van der Waals surface area contributed by atoms with E-state index in [-0.39, 0.29) is 6.04 Å². The van der Waals surface area contributed by atoms with Crippen molar-refractivity contribution in [3.05, 3.63) is 24.3 Å². The second kappa shape index (κ2) is 6.73. The third-order valence-corrected chi connectivity index (χ3v) is 2.35. The summed E-state index contributed by atoms with van der Waals surface area (Å²) in [5.41, 5.74) is 1.01. The molecule has 1 unspecified atom stereocenters. The number of anilines is 1. The molecule has 0 amide bonds. The molecule has 1 atom stereocenters. The third-order valence-electron chi connectivity index (χ3n) is 2.35. The van der Waals surface area contributed by atoms with Gasteiger partial charge in [-0.2, -0.15) is 5.26 Å². The van der Waals surface area contributed by atoms with E-state index in [1.165, 1.54) is 0 Å². The Bertz CT molecular complexity index is 357. The van der Waals surface area contributed by atoms with Crippen LogP contribution in [-0.2, 0) is 0 Å². The zero-order chi connectivity index (χ0) is 11.8. The molecular weight excluding hydrogens is 200 g/mol. The summed E-state index contributed by atoms with van der Waals surface area (Å²) >= 11 is 0. The van der Waals surface area contributed by atoms with E-state index >= 15 is 0 Å². The Labute approximate surface area is 97.0 Å². The lowest BCUT2D eigenvalue weighted by Gasteiger charge is -2.15. The van der Waals surface area contributed by atoms with Crippen molar-refractivity contribution in [1.29, 1.82) is 5.26 Å². The molecule has 0 heterocycles. The molecule has 1 aromatic rings. The Hall–Kier alpha value is -1.69. The monoisotopic (exact) mass is 218 g/mol. The van der Waals surface area contributed by atoms with Crippen molar-refractivity contribution in [3.8, 4) is 11.8 Å². The Balaban J connectivity index is 2.65. The van der Waals surface area contributed by atoms with E-state index in [0.29, 0.717) is 13.0 Å². The summed E-state index contributed by atoms with van der Waals surface area (Å²) < 4.78 is 5.42. The number of benzene rings is 1. The Kier molecular flexibility index (Phi) is 5.21. The fourth-order valence-corrected chi connectivity index (χ4v) is 1.49. The van der Waals surface area contributed by atoms with Gasteiger partial charge >= 0.3 is 0 Å². The van der Waals surface area contributed by atoms with Crippen LogP contribution in [0.4, 0.5) is 5.69 Å². The SMILES string of the molecule is CCOc1cccc(NC(CC)CC#N)c1. The number of nitrogens with zero attached hydrogens (tertiary/aromatic N) is 1. The maximum absolute atomic E-state index is 8.67. The molecule has 0 saturated carbocycles.